The molecule has 0 bridgehead atoms. The van der Waals surface area contributed by atoms with Crippen LogP contribution in [0.2, 0.25) is 0 Å². The second-order valence-corrected chi connectivity index (χ2v) is 7.44. The lowest BCUT2D eigenvalue weighted by molar-refractivity contribution is 0.198. The van der Waals surface area contributed by atoms with Gasteiger partial charge in [0.05, 0.1) is 6.26 Å². The zero-order valence-electron chi connectivity index (χ0n) is 10.7. The first kappa shape index (κ1) is 13.7. The summed E-state index contributed by atoms with van der Waals surface area (Å²) in [6.45, 7) is 6.98. The highest BCUT2D eigenvalue weighted by Crippen LogP contribution is 2.37. The number of hydrogen-bond donors (Lipinski definition) is 1. The molecule has 94 valence electrons. The molecule has 0 aromatic carbocycles. The molecule has 0 saturated carbocycles. The van der Waals surface area contributed by atoms with Crippen molar-refractivity contribution >= 4 is 10.0 Å². The summed E-state index contributed by atoms with van der Waals surface area (Å²) in [5.74, 6) is 0.574. The highest BCUT2D eigenvalue weighted by atomic mass is 32.2. The molecule has 3 nitrogen and oxygen atoms in total. The number of sulfonamides is 1. The van der Waals surface area contributed by atoms with Crippen molar-refractivity contribution in [2.24, 2.45) is 11.3 Å². The zero-order valence-corrected chi connectivity index (χ0v) is 11.5. The van der Waals surface area contributed by atoms with Gasteiger partial charge in [0, 0.05) is 6.54 Å². The summed E-state index contributed by atoms with van der Waals surface area (Å²) < 4.78 is 24.8. The number of nitrogens with one attached hydrogen (secondary N) is 1. The smallest absolute Gasteiger partial charge is 0.208 e. The van der Waals surface area contributed by atoms with E-state index >= 15 is 0 Å². The van der Waals surface area contributed by atoms with Gasteiger partial charge in [-0.15, -0.1) is 0 Å². The fourth-order valence-corrected chi connectivity index (χ4v) is 2.77. The van der Waals surface area contributed by atoms with Crippen LogP contribution in [0.1, 0.15) is 40.0 Å². The van der Waals surface area contributed by atoms with E-state index in [2.05, 4.69) is 31.6 Å². The molecule has 0 radical (unpaired) electrons. The lowest BCUT2D eigenvalue weighted by Gasteiger charge is -2.36. The highest BCUT2D eigenvalue weighted by Gasteiger charge is 2.30. The third-order valence-electron chi connectivity index (χ3n) is 3.53. The molecule has 0 heterocycles. The van der Waals surface area contributed by atoms with Crippen molar-refractivity contribution in [3.8, 4) is 0 Å². The standard InChI is InChI=1S/C12H23NO2S/c1-10-5-7-11(8-6-10)12(2,3)9-13-16(4,14)15/h5,11,13H,6-9H2,1-4H3. The molecule has 1 aliphatic rings. The molecular formula is C12H23NO2S. The maximum absolute atomic E-state index is 11.1. The molecule has 1 N–H and O–H groups in total. The summed E-state index contributed by atoms with van der Waals surface area (Å²) >= 11 is 0. The van der Waals surface area contributed by atoms with E-state index < -0.39 is 10.0 Å². The molecule has 0 saturated heterocycles. The Morgan fingerprint density at radius 2 is 2.12 bits per heavy atom. The van der Waals surface area contributed by atoms with E-state index in [4.69, 9.17) is 0 Å². The van der Waals surface area contributed by atoms with Crippen LogP contribution in [0.15, 0.2) is 11.6 Å². The van der Waals surface area contributed by atoms with Crippen LogP contribution in [0.25, 0.3) is 0 Å². The average molecular weight is 245 g/mol. The first-order valence-electron chi connectivity index (χ1n) is 5.81. The van der Waals surface area contributed by atoms with Crippen LogP contribution in [0.5, 0.6) is 0 Å². The largest absolute Gasteiger partial charge is 0.215 e. The minimum Gasteiger partial charge on any atom is -0.215 e. The molecule has 0 aromatic heterocycles. The second-order valence-electron chi connectivity index (χ2n) is 5.60. The first-order chi connectivity index (χ1) is 7.21. The van der Waals surface area contributed by atoms with Gasteiger partial charge in [-0.3, -0.25) is 0 Å². The van der Waals surface area contributed by atoms with Crippen LogP contribution >= 0.6 is 0 Å². The Morgan fingerprint density at radius 1 is 1.50 bits per heavy atom. The molecule has 0 amide bonds. The molecule has 1 rings (SSSR count). The topological polar surface area (TPSA) is 46.2 Å². The van der Waals surface area contributed by atoms with Gasteiger partial charge < -0.3 is 0 Å². The van der Waals surface area contributed by atoms with Crippen molar-refractivity contribution in [2.45, 2.75) is 40.0 Å². The zero-order chi connectivity index (χ0) is 12.4. The van der Waals surface area contributed by atoms with Crippen molar-refractivity contribution in [3.63, 3.8) is 0 Å². The van der Waals surface area contributed by atoms with E-state index in [1.54, 1.807) is 0 Å². The monoisotopic (exact) mass is 245 g/mol. The van der Waals surface area contributed by atoms with Crippen molar-refractivity contribution in [3.05, 3.63) is 11.6 Å². The van der Waals surface area contributed by atoms with Gasteiger partial charge in [-0.2, -0.15) is 0 Å². The van der Waals surface area contributed by atoms with Crippen molar-refractivity contribution in [2.75, 3.05) is 12.8 Å². The second kappa shape index (κ2) is 4.88. The predicted octanol–water partition coefficient (Wildman–Crippen LogP) is 2.31. The van der Waals surface area contributed by atoms with Gasteiger partial charge in [0.25, 0.3) is 0 Å². The van der Waals surface area contributed by atoms with Crippen LogP contribution in [0.4, 0.5) is 0 Å². The Bertz CT molecular complexity index is 368. The minimum absolute atomic E-state index is 0.0281. The Hall–Kier alpha value is -0.350. The predicted molar refractivity (Wildman–Crippen MR) is 67.7 cm³/mol. The van der Waals surface area contributed by atoms with Gasteiger partial charge >= 0.3 is 0 Å². The lowest BCUT2D eigenvalue weighted by atomic mass is 9.72. The van der Waals surface area contributed by atoms with Gasteiger partial charge in [0.15, 0.2) is 0 Å². The molecule has 0 aromatic rings. The van der Waals surface area contributed by atoms with Gasteiger partial charge in [0.2, 0.25) is 10.0 Å². The van der Waals surface area contributed by atoms with Crippen LogP contribution in [-0.4, -0.2) is 21.2 Å². The van der Waals surface area contributed by atoms with E-state index in [0.29, 0.717) is 12.5 Å². The van der Waals surface area contributed by atoms with E-state index in [9.17, 15) is 8.42 Å². The first-order valence-corrected chi connectivity index (χ1v) is 7.70. The third-order valence-corrected chi connectivity index (χ3v) is 4.20. The molecular weight excluding hydrogens is 222 g/mol. The summed E-state index contributed by atoms with van der Waals surface area (Å²) in [6.07, 6.45) is 6.89. The van der Waals surface area contributed by atoms with Crippen LogP contribution in [0.3, 0.4) is 0 Å². The van der Waals surface area contributed by atoms with E-state index in [-0.39, 0.29) is 5.41 Å². The van der Waals surface area contributed by atoms with Crippen molar-refractivity contribution in [1.29, 1.82) is 0 Å². The Labute approximate surface area is 99.4 Å². The lowest BCUT2D eigenvalue weighted by Crippen LogP contribution is -2.38. The molecule has 1 atom stereocenters. The van der Waals surface area contributed by atoms with E-state index in [0.717, 1.165) is 12.8 Å². The maximum atomic E-state index is 11.1. The Morgan fingerprint density at radius 3 is 2.56 bits per heavy atom. The fourth-order valence-electron chi connectivity index (χ4n) is 2.14. The summed E-state index contributed by atoms with van der Waals surface area (Å²) in [5, 5.41) is 0. The van der Waals surface area contributed by atoms with E-state index in [1.165, 1.54) is 18.2 Å². The SMILES string of the molecule is CC1=CCC(C(C)(C)CNS(C)(=O)=O)CC1. The number of hydrogen-bond acceptors (Lipinski definition) is 2. The van der Waals surface area contributed by atoms with Gasteiger partial charge in [0.1, 0.15) is 0 Å². The van der Waals surface area contributed by atoms with Crippen molar-refractivity contribution < 1.29 is 8.42 Å². The highest BCUT2D eigenvalue weighted by molar-refractivity contribution is 7.88. The molecule has 0 aliphatic heterocycles. The summed E-state index contributed by atoms with van der Waals surface area (Å²) in [4.78, 5) is 0. The number of allylic oxidation sites excluding steroid dienone is 2. The van der Waals surface area contributed by atoms with Gasteiger partial charge in [-0.25, -0.2) is 13.1 Å². The third kappa shape index (κ3) is 4.26. The van der Waals surface area contributed by atoms with Crippen molar-refractivity contribution in [1.82, 2.24) is 4.72 Å². The van der Waals surface area contributed by atoms with Crippen LogP contribution in [-0.2, 0) is 10.0 Å². The van der Waals surface area contributed by atoms with Crippen LogP contribution in [0, 0.1) is 11.3 Å². The summed E-state index contributed by atoms with van der Waals surface area (Å²) in [5.41, 5.74) is 1.49. The van der Waals surface area contributed by atoms with Gasteiger partial charge in [-0.05, 0) is 37.5 Å². The molecule has 1 unspecified atom stereocenters. The maximum Gasteiger partial charge on any atom is 0.208 e. The Balaban J connectivity index is 2.57. The summed E-state index contributed by atoms with van der Waals surface area (Å²) in [6, 6.07) is 0. The van der Waals surface area contributed by atoms with Crippen LogP contribution < -0.4 is 4.72 Å². The molecule has 4 heteroatoms. The quantitative estimate of drug-likeness (QED) is 0.773. The van der Waals surface area contributed by atoms with Gasteiger partial charge in [-0.1, -0.05) is 25.5 Å². The van der Waals surface area contributed by atoms with E-state index in [1.807, 2.05) is 0 Å². The fraction of sp³-hybridized carbons (Fsp3) is 0.833. The normalized spacial score (nSPS) is 23.0. The number of rotatable bonds is 4. The molecule has 0 fully saturated rings. The average Bonchev–Trinajstić information content (AvgIpc) is 2.15. The Kier molecular flexibility index (Phi) is 4.18. The summed E-state index contributed by atoms with van der Waals surface area (Å²) in [7, 11) is -3.07. The minimum atomic E-state index is -3.07. The molecule has 0 spiro atoms. The molecule has 16 heavy (non-hydrogen) atoms. The molecule has 1 aliphatic carbocycles.